The van der Waals surface area contributed by atoms with Gasteiger partial charge >= 0.3 is 5.69 Å². The minimum Gasteiger partial charge on any atom is -0.293 e. The van der Waals surface area contributed by atoms with Gasteiger partial charge in [-0.15, -0.1) is 0 Å². The summed E-state index contributed by atoms with van der Waals surface area (Å²) in [7, 11) is 0. The molecule has 0 bridgehead atoms. The van der Waals surface area contributed by atoms with Crippen LogP contribution in [0.5, 0.6) is 0 Å². The normalized spacial score (nSPS) is 10.0. The Morgan fingerprint density at radius 3 is 3.00 bits per heavy atom. The third-order valence-electron chi connectivity index (χ3n) is 2.26. The van der Waals surface area contributed by atoms with Crippen molar-refractivity contribution >= 4 is 0 Å². The third-order valence-corrected chi connectivity index (χ3v) is 2.26. The van der Waals surface area contributed by atoms with Crippen molar-refractivity contribution in [1.29, 1.82) is 5.26 Å². The van der Waals surface area contributed by atoms with E-state index in [0.29, 0.717) is 5.56 Å². The van der Waals surface area contributed by atoms with E-state index in [4.69, 9.17) is 5.26 Å². The Kier molecular flexibility index (Phi) is 3.02. The number of nitriles is 1. The summed E-state index contributed by atoms with van der Waals surface area (Å²) in [4.78, 5) is 27.9. The van der Waals surface area contributed by atoms with Crippen LogP contribution in [0.2, 0.25) is 0 Å². The van der Waals surface area contributed by atoms with E-state index < -0.39 is 17.1 Å². The minimum absolute atomic E-state index is 0.0454. The second kappa shape index (κ2) is 4.63. The molecule has 0 saturated carbocycles. The molecule has 7 heteroatoms. The van der Waals surface area contributed by atoms with Crippen LogP contribution in [-0.4, -0.2) is 14.5 Å². The van der Waals surface area contributed by atoms with Gasteiger partial charge in [0, 0.05) is 6.20 Å². The fraction of sp³-hybridized carbons (Fsp3) is 0.0909. The van der Waals surface area contributed by atoms with E-state index in [1.165, 1.54) is 12.3 Å². The Hall–Kier alpha value is -2.75. The van der Waals surface area contributed by atoms with E-state index in [0.717, 1.165) is 10.8 Å². The molecule has 18 heavy (non-hydrogen) atoms. The molecule has 0 unspecified atom stereocenters. The van der Waals surface area contributed by atoms with Crippen molar-refractivity contribution in [2.45, 2.75) is 6.54 Å². The van der Waals surface area contributed by atoms with Gasteiger partial charge in [0.2, 0.25) is 5.82 Å². The fourth-order valence-electron chi connectivity index (χ4n) is 1.43. The van der Waals surface area contributed by atoms with Crippen molar-refractivity contribution in [3.63, 3.8) is 0 Å². The van der Waals surface area contributed by atoms with E-state index in [1.54, 1.807) is 6.07 Å². The molecular weight excluding hydrogens is 239 g/mol. The smallest absolute Gasteiger partial charge is 0.293 e. The first-order valence-corrected chi connectivity index (χ1v) is 4.94. The molecule has 2 aromatic heterocycles. The minimum atomic E-state index is -1.05. The molecule has 0 radical (unpaired) electrons. The summed E-state index contributed by atoms with van der Waals surface area (Å²) in [5.74, 6) is -1.04. The quantitative estimate of drug-likeness (QED) is 0.806. The number of pyridine rings is 1. The zero-order valence-electron chi connectivity index (χ0n) is 9.05. The first kappa shape index (κ1) is 11.7. The summed E-state index contributed by atoms with van der Waals surface area (Å²) in [6, 6.07) is 4.93. The summed E-state index contributed by atoms with van der Waals surface area (Å²) in [5, 5.41) is 8.67. The molecule has 0 atom stereocenters. The largest absolute Gasteiger partial charge is 0.328 e. The molecular formula is C11H7FN4O2. The summed E-state index contributed by atoms with van der Waals surface area (Å²) < 4.78 is 14.0. The highest BCUT2D eigenvalue weighted by atomic mass is 19.1. The van der Waals surface area contributed by atoms with Gasteiger partial charge in [0.25, 0.3) is 5.56 Å². The monoisotopic (exact) mass is 246 g/mol. The lowest BCUT2D eigenvalue weighted by molar-refractivity contribution is 0.566. The van der Waals surface area contributed by atoms with Gasteiger partial charge in [-0.1, -0.05) is 0 Å². The van der Waals surface area contributed by atoms with Gasteiger partial charge in [0.05, 0.1) is 12.7 Å². The average Bonchev–Trinajstić information content (AvgIpc) is 2.36. The number of hydrogen-bond donors (Lipinski definition) is 1. The Morgan fingerprint density at radius 2 is 2.28 bits per heavy atom. The van der Waals surface area contributed by atoms with Crippen molar-refractivity contribution in [2.75, 3.05) is 0 Å². The van der Waals surface area contributed by atoms with Crippen LogP contribution >= 0.6 is 0 Å². The number of rotatable bonds is 2. The number of aromatic nitrogens is 3. The van der Waals surface area contributed by atoms with Gasteiger partial charge in [-0.3, -0.25) is 14.3 Å². The van der Waals surface area contributed by atoms with Crippen LogP contribution in [0.4, 0.5) is 4.39 Å². The Balaban J connectivity index is 2.40. The number of halogens is 1. The molecule has 6 nitrogen and oxygen atoms in total. The zero-order valence-corrected chi connectivity index (χ0v) is 9.05. The molecule has 90 valence electrons. The van der Waals surface area contributed by atoms with Crippen molar-refractivity contribution in [3.8, 4) is 6.07 Å². The maximum absolute atomic E-state index is 13.0. The van der Waals surface area contributed by atoms with Crippen LogP contribution in [-0.2, 0) is 6.54 Å². The summed E-state index contributed by atoms with van der Waals surface area (Å²) in [5.41, 5.74) is -0.957. The van der Waals surface area contributed by atoms with E-state index >= 15 is 0 Å². The summed E-state index contributed by atoms with van der Waals surface area (Å²) >= 11 is 0. The number of aromatic amines is 1. The molecule has 0 aliphatic heterocycles. The highest BCUT2D eigenvalue weighted by Crippen LogP contribution is 2.02. The SMILES string of the molecule is N#Cc1cc(Cn2cc(F)c(=O)[nH]c2=O)ccn1. The average molecular weight is 246 g/mol. The first-order chi connectivity index (χ1) is 8.60. The Labute approximate surface area is 100.0 Å². The topological polar surface area (TPSA) is 91.5 Å². The van der Waals surface area contributed by atoms with Crippen LogP contribution in [0.1, 0.15) is 11.3 Å². The molecule has 1 N–H and O–H groups in total. The van der Waals surface area contributed by atoms with E-state index in [1.807, 2.05) is 11.1 Å². The Morgan fingerprint density at radius 1 is 1.50 bits per heavy atom. The van der Waals surface area contributed by atoms with Gasteiger partial charge in [-0.25, -0.2) is 9.78 Å². The molecule has 0 saturated heterocycles. The van der Waals surface area contributed by atoms with Gasteiger partial charge in [0.1, 0.15) is 11.8 Å². The maximum atomic E-state index is 13.0. The van der Waals surface area contributed by atoms with Crippen molar-refractivity contribution in [3.05, 3.63) is 62.4 Å². The molecule has 0 aliphatic carbocycles. The van der Waals surface area contributed by atoms with E-state index in [2.05, 4.69) is 4.98 Å². The predicted molar refractivity (Wildman–Crippen MR) is 59.3 cm³/mol. The van der Waals surface area contributed by atoms with Crippen molar-refractivity contribution < 1.29 is 4.39 Å². The number of hydrogen-bond acceptors (Lipinski definition) is 4. The van der Waals surface area contributed by atoms with Gasteiger partial charge in [-0.2, -0.15) is 9.65 Å². The van der Waals surface area contributed by atoms with E-state index in [9.17, 15) is 14.0 Å². The number of nitrogens with one attached hydrogen (secondary N) is 1. The van der Waals surface area contributed by atoms with Crippen LogP contribution in [0.15, 0.2) is 34.1 Å². The molecule has 2 heterocycles. The maximum Gasteiger partial charge on any atom is 0.328 e. The summed E-state index contributed by atoms with van der Waals surface area (Å²) in [6.07, 6.45) is 2.24. The molecule has 0 aromatic carbocycles. The zero-order chi connectivity index (χ0) is 13.1. The fourth-order valence-corrected chi connectivity index (χ4v) is 1.43. The molecule has 0 fully saturated rings. The highest BCUT2D eigenvalue weighted by molar-refractivity contribution is 5.25. The number of H-pyrrole nitrogens is 1. The molecule has 2 aromatic rings. The van der Waals surface area contributed by atoms with Gasteiger partial charge in [-0.05, 0) is 17.7 Å². The molecule has 0 aliphatic rings. The van der Waals surface area contributed by atoms with Crippen LogP contribution in [0.25, 0.3) is 0 Å². The lowest BCUT2D eigenvalue weighted by Crippen LogP contribution is -2.31. The predicted octanol–water partition coefficient (Wildman–Crippen LogP) is -0.00932. The third kappa shape index (κ3) is 2.32. The van der Waals surface area contributed by atoms with Crippen molar-refractivity contribution in [2.24, 2.45) is 0 Å². The molecule has 0 spiro atoms. The Bertz CT molecular complexity index is 742. The van der Waals surface area contributed by atoms with Gasteiger partial charge < -0.3 is 0 Å². The van der Waals surface area contributed by atoms with Crippen molar-refractivity contribution in [1.82, 2.24) is 14.5 Å². The molecule has 0 amide bonds. The lowest BCUT2D eigenvalue weighted by atomic mass is 10.2. The standard InChI is InChI=1S/C11H7FN4O2/c12-9-6-16(11(18)15-10(9)17)5-7-1-2-14-8(3-7)4-13/h1-3,6H,5H2,(H,15,17,18). The molecule has 2 rings (SSSR count). The second-order valence-electron chi connectivity index (χ2n) is 3.53. The van der Waals surface area contributed by atoms with Crippen LogP contribution < -0.4 is 11.2 Å². The second-order valence-corrected chi connectivity index (χ2v) is 3.53. The summed E-state index contributed by atoms with van der Waals surface area (Å²) in [6.45, 7) is 0.0454. The van der Waals surface area contributed by atoms with Gasteiger partial charge in [0.15, 0.2) is 0 Å². The number of nitrogens with zero attached hydrogens (tertiary/aromatic N) is 3. The van der Waals surface area contributed by atoms with Crippen LogP contribution in [0.3, 0.4) is 0 Å². The first-order valence-electron chi connectivity index (χ1n) is 4.94. The lowest BCUT2D eigenvalue weighted by Gasteiger charge is -2.04. The highest BCUT2D eigenvalue weighted by Gasteiger charge is 2.05. The van der Waals surface area contributed by atoms with Crippen LogP contribution in [0, 0.1) is 17.1 Å². The van der Waals surface area contributed by atoms with E-state index in [-0.39, 0.29) is 12.2 Å².